The van der Waals surface area contributed by atoms with Gasteiger partial charge in [0.05, 0.1) is 6.17 Å². The minimum atomic E-state index is -0.277. The summed E-state index contributed by atoms with van der Waals surface area (Å²) in [6.45, 7) is 7.19. The molecule has 0 aliphatic heterocycles. The van der Waals surface area contributed by atoms with Gasteiger partial charge in [0, 0.05) is 12.1 Å². The highest BCUT2D eigenvalue weighted by Gasteiger charge is 2.23. The first-order chi connectivity index (χ1) is 8.97. The van der Waals surface area contributed by atoms with Crippen LogP contribution < -0.4 is 11.5 Å². The van der Waals surface area contributed by atoms with Gasteiger partial charge in [0.2, 0.25) is 0 Å². The van der Waals surface area contributed by atoms with E-state index in [-0.39, 0.29) is 18.0 Å². The summed E-state index contributed by atoms with van der Waals surface area (Å²) < 4.78 is 0. The Morgan fingerprint density at radius 2 is 1.84 bits per heavy atom. The van der Waals surface area contributed by atoms with Crippen LogP contribution in [0.4, 0.5) is 0 Å². The van der Waals surface area contributed by atoms with Crippen LogP contribution in [0.15, 0.2) is 24.3 Å². The molecule has 0 aliphatic carbocycles. The lowest BCUT2D eigenvalue weighted by atomic mass is 10.1. The number of nitrogens with zero attached hydrogens (tertiary/aromatic N) is 1. The van der Waals surface area contributed by atoms with Crippen molar-refractivity contribution in [2.24, 2.45) is 17.4 Å². The van der Waals surface area contributed by atoms with E-state index >= 15 is 0 Å². The lowest BCUT2D eigenvalue weighted by molar-refractivity contribution is 0.0631. The Labute approximate surface area is 115 Å². The fourth-order valence-corrected chi connectivity index (χ4v) is 1.87. The first-order valence-corrected chi connectivity index (χ1v) is 6.80. The molecule has 0 fully saturated rings. The molecular weight excluding hydrogens is 238 g/mol. The largest absolute Gasteiger partial charge is 0.330 e. The van der Waals surface area contributed by atoms with Gasteiger partial charge in [-0.25, -0.2) is 0 Å². The molecule has 0 bridgehead atoms. The molecule has 0 aromatic heterocycles. The number of nitrogens with two attached hydrogens (primary N) is 2. The molecule has 1 amide bonds. The number of hydrogen-bond acceptors (Lipinski definition) is 3. The van der Waals surface area contributed by atoms with E-state index in [4.69, 9.17) is 11.5 Å². The summed E-state index contributed by atoms with van der Waals surface area (Å²) in [5.74, 6) is 0.196. The van der Waals surface area contributed by atoms with Gasteiger partial charge in [0.1, 0.15) is 0 Å². The van der Waals surface area contributed by atoms with Crippen LogP contribution >= 0.6 is 0 Å². The Bertz CT molecular complexity index is 400. The summed E-state index contributed by atoms with van der Waals surface area (Å²) in [6.07, 6.45) is 0.484. The van der Waals surface area contributed by atoms with Crippen molar-refractivity contribution in [2.75, 3.05) is 13.1 Å². The van der Waals surface area contributed by atoms with Gasteiger partial charge >= 0.3 is 0 Å². The van der Waals surface area contributed by atoms with E-state index < -0.39 is 0 Å². The zero-order valence-electron chi connectivity index (χ0n) is 12.1. The third-order valence-electron chi connectivity index (χ3n) is 3.21. The van der Waals surface area contributed by atoms with E-state index in [9.17, 15) is 4.79 Å². The summed E-state index contributed by atoms with van der Waals surface area (Å²) in [7, 11) is 0. The van der Waals surface area contributed by atoms with E-state index in [1.165, 1.54) is 0 Å². The Hall–Kier alpha value is -1.39. The fraction of sp³-hybridized carbons (Fsp3) is 0.533. The van der Waals surface area contributed by atoms with Crippen molar-refractivity contribution in [3.63, 3.8) is 0 Å². The van der Waals surface area contributed by atoms with Crippen molar-refractivity contribution in [3.05, 3.63) is 35.4 Å². The van der Waals surface area contributed by atoms with Gasteiger partial charge in [-0.05, 0) is 37.9 Å². The molecule has 0 radical (unpaired) electrons. The average molecular weight is 263 g/mol. The first kappa shape index (κ1) is 15.7. The maximum Gasteiger partial charge on any atom is 0.255 e. The first-order valence-electron chi connectivity index (χ1n) is 6.80. The van der Waals surface area contributed by atoms with E-state index in [0.29, 0.717) is 18.7 Å². The second-order valence-electron chi connectivity index (χ2n) is 5.24. The molecule has 0 heterocycles. The van der Waals surface area contributed by atoms with Crippen LogP contribution in [0, 0.1) is 12.8 Å². The minimum absolute atomic E-state index is 0.0188. The summed E-state index contributed by atoms with van der Waals surface area (Å²) in [6, 6.07) is 7.57. The molecule has 0 spiro atoms. The van der Waals surface area contributed by atoms with Gasteiger partial charge < -0.3 is 16.4 Å². The molecular formula is C15H25N3O. The minimum Gasteiger partial charge on any atom is -0.330 e. The normalized spacial score (nSPS) is 12.5. The van der Waals surface area contributed by atoms with Crippen molar-refractivity contribution in [1.82, 2.24) is 4.90 Å². The highest BCUT2D eigenvalue weighted by molar-refractivity contribution is 5.94. The van der Waals surface area contributed by atoms with Crippen molar-refractivity contribution < 1.29 is 4.79 Å². The maximum absolute atomic E-state index is 12.5. The Kier molecular flexibility index (Phi) is 5.99. The molecule has 1 aromatic carbocycles. The number of carbonyl (C=O) groups is 1. The smallest absolute Gasteiger partial charge is 0.255 e. The van der Waals surface area contributed by atoms with Gasteiger partial charge in [0.15, 0.2) is 0 Å². The van der Waals surface area contributed by atoms with E-state index in [1.807, 2.05) is 45.0 Å². The number of amides is 1. The van der Waals surface area contributed by atoms with E-state index in [2.05, 4.69) is 0 Å². The molecule has 19 heavy (non-hydrogen) atoms. The SMILES string of the molecule is Cc1ccc(C(=O)N(CCCN)C(N)C(C)C)cc1. The molecule has 1 rings (SSSR count). The molecule has 1 unspecified atom stereocenters. The van der Waals surface area contributed by atoms with Gasteiger partial charge in [-0.3, -0.25) is 4.79 Å². The molecule has 4 nitrogen and oxygen atoms in total. The van der Waals surface area contributed by atoms with Crippen molar-refractivity contribution >= 4 is 5.91 Å². The van der Waals surface area contributed by atoms with Crippen LogP contribution in [0.5, 0.6) is 0 Å². The summed E-state index contributed by atoms with van der Waals surface area (Å²) >= 11 is 0. The van der Waals surface area contributed by atoms with Gasteiger partial charge in [-0.2, -0.15) is 0 Å². The Morgan fingerprint density at radius 3 is 2.32 bits per heavy atom. The summed E-state index contributed by atoms with van der Waals surface area (Å²) in [5.41, 5.74) is 13.5. The van der Waals surface area contributed by atoms with Crippen molar-refractivity contribution in [1.29, 1.82) is 0 Å². The second-order valence-corrected chi connectivity index (χ2v) is 5.24. The van der Waals surface area contributed by atoms with Crippen LogP contribution in [0.2, 0.25) is 0 Å². The number of aryl methyl sites for hydroxylation is 1. The lowest BCUT2D eigenvalue weighted by Gasteiger charge is -2.31. The molecule has 0 saturated heterocycles. The number of benzene rings is 1. The van der Waals surface area contributed by atoms with Gasteiger partial charge in [-0.15, -0.1) is 0 Å². The molecule has 1 atom stereocenters. The zero-order chi connectivity index (χ0) is 14.4. The zero-order valence-corrected chi connectivity index (χ0v) is 12.1. The molecule has 106 valence electrons. The highest BCUT2D eigenvalue weighted by atomic mass is 16.2. The highest BCUT2D eigenvalue weighted by Crippen LogP contribution is 2.12. The van der Waals surface area contributed by atoms with Crippen molar-refractivity contribution in [2.45, 2.75) is 33.4 Å². The van der Waals surface area contributed by atoms with E-state index in [0.717, 1.165) is 12.0 Å². The predicted octanol–water partition coefficient (Wildman–Crippen LogP) is 1.73. The Morgan fingerprint density at radius 1 is 1.26 bits per heavy atom. The Balaban J connectivity index is 2.89. The molecule has 4 N–H and O–H groups in total. The number of carbonyl (C=O) groups excluding carboxylic acids is 1. The standard InChI is InChI=1S/C15H25N3O/c1-11(2)14(17)18(10-4-9-16)15(19)13-7-5-12(3)6-8-13/h5-8,11,14H,4,9-10,16-17H2,1-3H3. The summed E-state index contributed by atoms with van der Waals surface area (Å²) in [5, 5.41) is 0. The number of rotatable bonds is 6. The lowest BCUT2D eigenvalue weighted by Crippen LogP contribution is -2.49. The molecule has 0 aliphatic rings. The van der Waals surface area contributed by atoms with Crippen LogP contribution in [0.1, 0.15) is 36.2 Å². The van der Waals surface area contributed by atoms with Crippen LogP contribution in [-0.2, 0) is 0 Å². The van der Waals surface area contributed by atoms with Crippen molar-refractivity contribution in [3.8, 4) is 0 Å². The second kappa shape index (κ2) is 7.26. The quantitative estimate of drug-likeness (QED) is 0.768. The van der Waals surface area contributed by atoms with Gasteiger partial charge in [0.25, 0.3) is 5.91 Å². The third-order valence-corrected chi connectivity index (χ3v) is 3.21. The van der Waals surface area contributed by atoms with Crippen LogP contribution in [-0.4, -0.2) is 30.1 Å². The predicted molar refractivity (Wildman–Crippen MR) is 78.7 cm³/mol. The molecule has 4 heteroatoms. The topological polar surface area (TPSA) is 72.3 Å². The maximum atomic E-state index is 12.5. The molecule has 1 aromatic rings. The van der Waals surface area contributed by atoms with Crippen LogP contribution in [0.3, 0.4) is 0 Å². The average Bonchev–Trinajstić information content (AvgIpc) is 2.39. The van der Waals surface area contributed by atoms with Gasteiger partial charge in [-0.1, -0.05) is 31.5 Å². The summed E-state index contributed by atoms with van der Waals surface area (Å²) in [4.78, 5) is 14.2. The number of hydrogen-bond donors (Lipinski definition) is 2. The fourth-order valence-electron chi connectivity index (χ4n) is 1.87. The third kappa shape index (κ3) is 4.33. The van der Waals surface area contributed by atoms with Crippen LogP contribution in [0.25, 0.3) is 0 Å². The molecule has 0 saturated carbocycles. The monoisotopic (exact) mass is 263 g/mol. The van der Waals surface area contributed by atoms with E-state index in [1.54, 1.807) is 4.90 Å².